The topological polar surface area (TPSA) is 45.2 Å². The molecule has 1 saturated heterocycles. The third-order valence-corrected chi connectivity index (χ3v) is 4.21. The highest BCUT2D eigenvalue weighted by atomic mass is 16.2. The first-order valence-electron chi connectivity index (χ1n) is 7.03. The summed E-state index contributed by atoms with van der Waals surface area (Å²) in [5.41, 5.74) is 0.971. The minimum absolute atomic E-state index is 0.160. The molecule has 2 heterocycles. The Labute approximate surface area is 115 Å². The van der Waals surface area contributed by atoms with Crippen LogP contribution in [0.2, 0.25) is 0 Å². The van der Waals surface area contributed by atoms with Gasteiger partial charge in [-0.25, -0.2) is 0 Å². The summed E-state index contributed by atoms with van der Waals surface area (Å²) in [7, 11) is 1.90. The lowest BCUT2D eigenvalue weighted by Gasteiger charge is -2.38. The molecule has 1 aromatic heterocycles. The summed E-state index contributed by atoms with van der Waals surface area (Å²) in [4.78, 5) is 18.6. The van der Waals surface area contributed by atoms with Crippen LogP contribution in [0, 0.1) is 5.41 Å². The van der Waals surface area contributed by atoms with E-state index in [2.05, 4.69) is 17.2 Å². The van der Waals surface area contributed by atoms with Crippen molar-refractivity contribution in [2.45, 2.75) is 32.7 Å². The summed E-state index contributed by atoms with van der Waals surface area (Å²) in [6.07, 6.45) is 6.36. The Morgan fingerprint density at radius 3 is 2.58 bits per heavy atom. The fourth-order valence-corrected chi connectivity index (χ4v) is 2.86. The van der Waals surface area contributed by atoms with Crippen molar-refractivity contribution in [1.29, 1.82) is 0 Å². The van der Waals surface area contributed by atoms with E-state index >= 15 is 0 Å². The van der Waals surface area contributed by atoms with E-state index in [9.17, 15) is 4.79 Å². The summed E-state index contributed by atoms with van der Waals surface area (Å²) in [5, 5.41) is 3.34. The molecule has 4 nitrogen and oxygen atoms in total. The fourth-order valence-electron chi connectivity index (χ4n) is 2.86. The van der Waals surface area contributed by atoms with Crippen molar-refractivity contribution in [2.75, 3.05) is 20.1 Å². The molecule has 19 heavy (non-hydrogen) atoms. The Balaban J connectivity index is 2.05. The highest BCUT2D eigenvalue weighted by Gasteiger charge is 2.39. The molecule has 0 spiro atoms. The van der Waals surface area contributed by atoms with Crippen LogP contribution < -0.4 is 5.32 Å². The average molecular weight is 261 g/mol. The number of hydrogen-bond donors (Lipinski definition) is 1. The molecule has 0 radical (unpaired) electrons. The molecule has 0 atom stereocenters. The van der Waals surface area contributed by atoms with Gasteiger partial charge in [0, 0.05) is 26.0 Å². The van der Waals surface area contributed by atoms with Crippen molar-refractivity contribution >= 4 is 5.91 Å². The number of amides is 1. The molecule has 2 rings (SSSR count). The Kier molecular flexibility index (Phi) is 4.53. The van der Waals surface area contributed by atoms with Crippen LogP contribution in [0.5, 0.6) is 0 Å². The molecular formula is C15H23N3O. The molecule has 1 fully saturated rings. The highest BCUT2D eigenvalue weighted by molar-refractivity contribution is 5.82. The monoisotopic (exact) mass is 261 g/mol. The molecule has 0 bridgehead atoms. The zero-order valence-electron chi connectivity index (χ0n) is 11.9. The lowest BCUT2D eigenvalue weighted by molar-refractivity contribution is -0.143. The first kappa shape index (κ1) is 14.0. The van der Waals surface area contributed by atoms with Crippen LogP contribution in [0.25, 0.3) is 0 Å². The molecule has 1 N–H and O–H groups in total. The van der Waals surface area contributed by atoms with E-state index in [1.165, 1.54) is 0 Å². The van der Waals surface area contributed by atoms with E-state index in [-0.39, 0.29) is 11.3 Å². The molecule has 0 aromatic carbocycles. The van der Waals surface area contributed by atoms with E-state index < -0.39 is 0 Å². The molecule has 104 valence electrons. The van der Waals surface area contributed by atoms with E-state index in [1.807, 2.05) is 24.1 Å². The Morgan fingerprint density at radius 2 is 2.00 bits per heavy atom. The molecule has 0 unspecified atom stereocenters. The normalized spacial score (nSPS) is 18.0. The summed E-state index contributed by atoms with van der Waals surface area (Å²) in [6, 6.07) is 3.93. The summed E-state index contributed by atoms with van der Waals surface area (Å²) in [5.74, 6) is 0.285. The van der Waals surface area contributed by atoms with Crippen LogP contribution in [0.4, 0.5) is 0 Å². The molecular weight excluding hydrogens is 238 g/mol. The lowest BCUT2D eigenvalue weighted by atomic mass is 9.75. The number of piperidine rings is 1. The summed E-state index contributed by atoms with van der Waals surface area (Å²) in [6.45, 7) is 4.69. The van der Waals surface area contributed by atoms with Gasteiger partial charge in [0.2, 0.25) is 5.91 Å². The lowest BCUT2D eigenvalue weighted by Crippen LogP contribution is -2.47. The average Bonchev–Trinajstić information content (AvgIpc) is 2.48. The SMILES string of the molecule is CCC1(C(=O)N(C)Cc2ccncc2)CCNCC1. The van der Waals surface area contributed by atoms with Crippen LogP contribution >= 0.6 is 0 Å². The van der Waals surface area contributed by atoms with Crippen molar-refractivity contribution in [1.82, 2.24) is 15.2 Å². The maximum Gasteiger partial charge on any atom is 0.228 e. The molecule has 4 heteroatoms. The number of nitrogens with zero attached hydrogens (tertiary/aromatic N) is 2. The molecule has 1 aliphatic heterocycles. The van der Waals surface area contributed by atoms with Gasteiger partial charge < -0.3 is 10.2 Å². The van der Waals surface area contributed by atoms with E-state index in [1.54, 1.807) is 12.4 Å². The standard InChI is InChI=1S/C15H23N3O/c1-3-15(6-10-17-11-7-15)14(19)18(2)12-13-4-8-16-9-5-13/h4-5,8-9,17H,3,6-7,10-12H2,1-2H3. The van der Waals surface area contributed by atoms with E-state index in [4.69, 9.17) is 0 Å². The fraction of sp³-hybridized carbons (Fsp3) is 0.600. The van der Waals surface area contributed by atoms with Gasteiger partial charge in [-0.3, -0.25) is 9.78 Å². The van der Waals surface area contributed by atoms with Gasteiger partial charge in [-0.2, -0.15) is 0 Å². The third kappa shape index (κ3) is 3.13. The minimum Gasteiger partial charge on any atom is -0.341 e. The predicted octanol–water partition coefficient (Wildman–Crippen LogP) is 1.82. The number of carbonyl (C=O) groups is 1. The first-order chi connectivity index (χ1) is 9.18. The number of rotatable bonds is 4. The van der Waals surface area contributed by atoms with Crippen molar-refractivity contribution < 1.29 is 4.79 Å². The summed E-state index contributed by atoms with van der Waals surface area (Å²) < 4.78 is 0. The number of pyridine rings is 1. The second kappa shape index (κ2) is 6.15. The van der Waals surface area contributed by atoms with Gasteiger partial charge >= 0.3 is 0 Å². The minimum atomic E-state index is -0.160. The first-order valence-corrected chi connectivity index (χ1v) is 7.03. The van der Waals surface area contributed by atoms with Gasteiger partial charge in [-0.1, -0.05) is 6.92 Å². The van der Waals surface area contributed by atoms with Crippen LogP contribution in [0.1, 0.15) is 31.7 Å². The number of nitrogens with one attached hydrogen (secondary N) is 1. The quantitative estimate of drug-likeness (QED) is 0.899. The molecule has 1 amide bonds. The Bertz CT molecular complexity index is 413. The van der Waals surface area contributed by atoms with Crippen LogP contribution in [-0.2, 0) is 11.3 Å². The third-order valence-electron chi connectivity index (χ3n) is 4.21. The van der Waals surface area contributed by atoms with Crippen molar-refractivity contribution in [2.24, 2.45) is 5.41 Å². The van der Waals surface area contributed by atoms with E-state index in [0.29, 0.717) is 6.54 Å². The van der Waals surface area contributed by atoms with Crippen LogP contribution in [-0.4, -0.2) is 35.9 Å². The molecule has 1 aliphatic rings. The number of aromatic nitrogens is 1. The second-order valence-corrected chi connectivity index (χ2v) is 5.40. The van der Waals surface area contributed by atoms with Gasteiger partial charge in [0.05, 0.1) is 5.41 Å². The van der Waals surface area contributed by atoms with Crippen molar-refractivity contribution in [3.8, 4) is 0 Å². The van der Waals surface area contributed by atoms with Gasteiger partial charge in [0.25, 0.3) is 0 Å². The van der Waals surface area contributed by atoms with Gasteiger partial charge in [0.1, 0.15) is 0 Å². The zero-order valence-corrected chi connectivity index (χ0v) is 11.9. The van der Waals surface area contributed by atoms with Gasteiger partial charge in [0.15, 0.2) is 0 Å². The smallest absolute Gasteiger partial charge is 0.228 e. The number of carbonyl (C=O) groups excluding carboxylic acids is 1. The number of hydrogen-bond acceptors (Lipinski definition) is 3. The van der Waals surface area contributed by atoms with Crippen molar-refractivity contribution in [3.63, 3.8) is 0 Å². The van der Waals surface area contributed by atoms with Crippen LogP contribution in [0.3, 0.4) is 0 Å². The Hall–Kier alpha value is -1.42. The summed E-state index contributed by atoms with van der Waals surface area (Å²) >= 11 is 0. The van der Waals surface area contributed by atoms with Crippen LogP contribution in [0.15, 0.2) is 24.5 Å². The molecule has 1 aromatic rings. The Morgan fingerprint density at radius 1 is 1.37 bits per heavy atom. The second-order valence-electron chi connectivity index (χ2n) is 5.40. The van der Waals surface area contributed by atoms with E-state index in [0.717, 1.165) is 37.9 Å². The largest absolute Gasteiger partial charge is 0.341 e. The molecule has 0 saturated carbocycles. The predicted molar refractivity (Wildman–Crippen MR) is 75.5 cm³/mol. The van der Waals surface area contributed by atoms with Crippen molar-refractivity contribution in [3.05, 3.63) is 30.1 Å². The maximum absolute atomic E-state index is 12.7. The van der Waals surface area contributed by atoms with Gasteiger partial charge in [-0.15, -0.1) is 0 Å². The maximum atomic E-state index is 12.7. The van der Waals surface area contributed by atoms with Gasteiger partial charge in [-0.05, 0) is 50.0 Å². The zero-order chi connectivity index (χ0) is 13.7. The molecule has 0 aliphatic carbocycles. The highest BCUT2D eigenvalue weighted by Crippen LogP contribution is 2.34.